The van der Waals surface area contributed by atoms with E-state index >= 15 is 0 Å². The standard InChI is InChI=1S/C15H20N2O3S/c1-9(16-2)11-8-21-15(17-11)10-6-13(19-4)14(20-5)7-12(10)18-3/h6-9,16H,1-5H3. The molecule has 1 aromatic carbocycles. The van der Waals surface area contributed by atoms with Crippen LogP contribution < -0.4 is 19.5 Å². The second-order valence-corrected chi connectivity index (χ2v) is 5.35. The lowest BCUT2D eigenvalue weighted by Crippen LogP contribution is -2.12. The van der Waals surface area contributed by atoms with Crippen molar-refractivity contribution in [2.45, 2.75) is 13.0 Å². The van der Waals surface area contributed by atoms with Gasteiger partial charge in [0.15, 0.2) is 11.5 Å². The van der Waals surface area contributed by atoms with E-state index in [1.54, 1.807) is 32.7 Å². The first-order valence-electron chi connectivity index (χ1n) is 6.57. The smallest absolute Gasteiger partial charge is 0.164 e. The predicted octanol–water partition coefficient (Wildman–Crippen LogP) is 3.12. The zero-order valence-electron chi connectivity index (χ0n) is 12.9. The molecule has 0 saturated carbocycles. The molecule has 1 unspecified atom stereocenters. The molecular formula is C15H20N2O3S. The van der Waals surface area contributed by atoms with Crippen LogP contribution in [0.3, 0.4) is 0 Å². The van der Waals surface area contributed by atoms with Crippen molar-refractivity contribution in [3.63, 3.8) is 0 Å². The number of rotatable bonds is 6. The Kier molecular flexibility index (Phi) is 5.03. The number of hydrogen-bond donors (Lipinski definition) is 1. The quantitative estimate of drug-likeness (QED) is 0.888. The predicted molar refractivity (Wildman–Crippen MR) is 84.7 cm³/mol. The van der Waals surface area contributed by atoms with Crippen molar-refractivity contribution in [2.24, 2.45) is 0 Å². The number of methoxy groups -OCH3 is 3. The molecule has 0 aliphatic rings. The first-order chi connectivity index (χ1) is 10.1. The van der Waals surface area contributed by atoms with Crippen LogP contribution in [0.2, 0.25) is 0 Å². The minimum absolute atomic E-state index is 0.209. The summed E-state index contributed by atoms with van der Waals surface area (Å²) in [5.74, 6) is 2.01. The van der Waals surface area contributed by atoms with Gasteiger partial charge in [0.05, 0.1) is 32.6 Å². The van der Waals surface area contributed by atoms with Crippen molar-refractivity contribution in [3.8, 4) is 27.8 Å². The summed E-state index contributed by atoms with van der Waals surface area (Å²) in [6.45, 7) is 2.07. The molecule has 2 aromatic rings. The van der Waals surface area contributed by atoms with E-state index < -0.39 is 0 Å². The molecular weight excluding hydrogens is 288 g/mol. The number of ether oxygens (including phenoxy) is 3. The zero-order chi connectivity index (χ0) is 15.4. The van der Waals surface area contributed by atoms with E-state index in [-0.39, 0.29) is 6.04 Å². The summed E-state index contributed by atoms with van der Waals surface area (Å²) in [7, 11) is 6.77. The average Bonchev–Trinajstić information content (AvgIpc) is 3.02. The molecule has 1 N–H and O–H groups in total. The lowest BCUT2D eigenvalue weighted by atomic mass is 10.1. The van der Waals surface area contributed by atoms with E-state index in [0.717, 1.165) is 16.3 Å². The molecule has 1 atom stereocenters. The highest BCUT2D eigenvalue weighted by atomic mass is 32.1. The van der Waals surface area contributed by atoms with Crippen LogP contribution in [0.15, 0.2) is 17.5 Å². The maximum absolute atomic E-state index is 5.45. The minimum atomic E-state index is 0.209. The van der Waals surface area contributed by atoms with E-state index in [0.29, 0.717) is 17.2 Å². The van der Waals surface area contributed by atoms with Crippen LogP contribution in [-0.4, -0.2) is 33.4 Å². The number of thiazole rings is 1. The highest BCUT2D eigenvalue weighted by Gasteiger charge is 2.17. The fraction of sp³-hybridized carbons (Fsp3) is 0.400. The van der Waals surface area contributed by atoms with Crippen LogP contribution in [0.4, 0.5) is 0 Å². The van der Waals surface area contributed by atoms with Crippen molar-refractivity contribution in [3.05, 3.63) is 23.2 Å². The van der Waals surface area contributed by atoms with E-state index in [2.05, 4.69) is 17.2 Å². The number of aromatic nitrogens is 1. The van der Waals surface area contributed by atoms with Crippen molar-refractivity contribution in [1.29, 1.82) is 0 Å². The van der Waals surface area contributed by atoms with Gasteiger partial charge >= 0.3 is 0 Å². The summed E-state index contributed by atoms with van der Waals surface area (Å²) in [6, 6.07) is 3.92. The van der Waals surface area contributed by atoms with Crippen molar-refractivity contribution in [1.82, 2.24) is 10.3 Å². The molecule has 5 nitrogen and oxygen atoms in total. The van der Waals surface area contributed by atoms with Crippen LogP contribution >= 0.6 is 11.3 Å². The van der Waals surface area contributed by atoms with Crippen LogP contribution in [0.5, 0.6) is 17.2 Å². The highest BCUT2D eigenvalue weighted by Crippen LogP contribution is 2.41. The summed E-state index contributed by atoms with van der Waals surface area (Å²) in [5, 5.41) is 6.13. The summed E-state index contributed by atoms with van der Waals surface area (Å²) in [5.41, 5.74) is 1.91. The second kappa shape index (κ2) is 6.78. The third-order valence-corrected chi connectivity index (χ3v) is 4.23. The van der Waals surface area contributed by atoms with Gasteiger partial charge < -0.3 is 19.5 Å². The van der Waals surface area contributed by atoms with Gasteiger partial charge in [-0.25, -0.2) is 4.98 Å². The molecule has 0 aliphatic heterocycles. The maximum atomic E-state index is 5.45. The highest BCUT2D eigenvalue weighted by molar-refractivity contribution is 7.13. The van der Waals surface area contributed by atoms with Crippen LogP contribution in [-0.2, 0) is 0 Å². The Morgan fingerprint density at radius 2 is 1.67 bits per heavy atom. The zero-order valence-corrected chi connectivity index (χ0v) is 13.7. The van der Waals surface area contributed by atoms with Crippen LogP contribution in [0.1, 0.15) is 18.7 Å². The molecule has 2 rings (SSSR count). The summed E-state index contributed by atoms with van der Waals surface area (Å²) < 4.78 is 16.1. The Morgan fingerprint density at radius 3 is 2.24 bits per heavy atom. The third kappa shape index (κ3) is 3.11. The third-order valence-electron chi connectivity index (χ3n) is 3.33. The van der Waals surface area contributed by atoms with Gasteiger partial charge in [-0.1, -0.05) is 0 Å². The van der Waals surface area contributed by atoms with E-state index in [1.165, 1.54) is 0 Å². The second-order valence-electron chi connectivity index (χ2n) is 4.50. The number of nitrogens with one attached hydrogen (secondary N) is 1. The fourth-order valence-electron chi connectivity index (χ4n) is 1.95. The number of nitrogens with zero attached hydrogens (tertiary/aromatic N) is 1. The minimum Gasteiger partial charge on any atom is -0.496 e. The Bertz CT molecular complexity index is 613. The summed E-state index contributed by atoms with van der Waals surface area (Å²) in [4.78, 5) is 4.67. The van der Waals surface area contributed by atoms with Gasteiger partial charge in [0.25, 0.3) is 0 Å². The van der Waals surface area contributed by atoms with Crippen LogP contribution in [0, 0.1) is 0 Å². The van der Waals surface area contributed by atoms with Gasteiger partial charge in [-0.2, -0.15) is 0 Å². The van der Waals surface area contributed by atoms with Gasteiger partial charge in [-0.05, 0) is 20.0 Å². The van der Waals surface area contributed by atoms with Gasteiger partial charge in [0.1, 0.15) is 10.8 Å². The monoisotopic (exact) mass is 308 g/mol. The molecule has 21 heavy (non-hydrogen) atoms. The van der Waals surface area contributed by atoms with Gasteiger partial charge in [-0.15, -0.1) is 11.3 Å². The van der Waals surface area contributed by atoms with E-state index in [9.17, 15) is 0 Å². The maximum Gasteiger partial charge on any atom is 0.164 e. The Balaban J connectivity index is 2.49. The topological polar surface area (TPSA) is 52.6 Å². The first kappa shape index (κ1) is 15.6. The molecule has 114 valence electrons. The lowest BCUT2D eigenvalue weighted by Gasteiger charge is -2.12. The molecule has 0 aliphatic carbocycles. The normalized spacial score (nSPS) is 12.0. The molecule has 1 heterocycles. The molecule has 0 amide bonds. The molecule has 1 aromatic heterocycles. The number of hydrogen-bond acceptors (Lipinski definition) is 6. The summed E-state index contributed by atoms with van der Waals surface area (Å²) >= 11 is 1.58. The van der Waals surface area contributed by atoms with E-state index in [4.69, 9.17) is 14.2 Å². The molecule has 0 radical (unpaired) electrons. The largest absolute Gasteiger partial charge is 0.496 e. The van der Waals surface area contributed by atoms with Crippen molar-refractivity contribution >= 4 is 11.3 Å². The molecule has 0 saturated heterocycles. The Labute approximate surface area is 128 Å². The average molecular weight is 308 g/mol. The van der Waals surface area contributed by atoms with E-state index in [1.807, 2.05) is 24.6 Å². The fourth-order valence-corrected chi connectivity index (χ4v) is 2.89. The Morgan fingerprint density at radius 1 is 1.05 bits per heavy atom. The van der Waals surface area contributed by atoms with Gasteiger partial charge in [-0.3, -0.25) is 0 Å². The van der Waals surface area contributed by atoms with Crippen molar-refractivity contribution in [2.75, 3.05) is 28.4 Å². The summed E-state index contributed by atoms with van der Waals surface area (Å²) in [6.07, 6.45) is 0. The Hall–Kier alpha value is -1.79. The number of benzene rings is 1. The van der Waals surface area contributed by atoms with Crippen LogP contribution in [0.25, 0.3) is 10.6 Å². The lowest BCUT2D eigenvalue weighted by molar-refractivity contribution is 0.349. The van der Waals surface area contributed by atoms with Crippen molar-refractivity contribution < 1.29 is 14.2 Å². The first-order valence-corrected chi connectivity index (χ1v) is 7.45. The van der Waals surface area contributed by atoms with Gasteiger partial charge in [0, 0.05) is 17.5 Å². The molecule has 0 spiro atoms. The molecule has 6 heteroatoms. The molecule has 0 fully saturated rings. The van der Waals surface area contributed by atoms with Gasteiger partial charge in [0.2, 0.25) is 0 Å². The SMILES string of the molecule is CNC(C)c1csc(-c2cc(OC)c(OC)cc2OC)n1. The molecule has 0 bridgehead atoms.